The molecule has 1 aliphatic carbocycles. The maximum absolute atomic E-state index is 5.50. The van der Waals surface area contributed by atoms with Crippen molar-refractivity contribution in [2.75, 3.05) is 20.7 Å². The molecule has 2 atom stereocenters. The van der Waals surface area contributed by atoms with Crippen LogP contribution in [0.4, 0.5) is 0 Å². The SMILES string of the molecule is CN=C(NCCc1sc(C)nc1C)NC1CC(OC)C1(C)C. The summed E-state index contributed by atoms with van der Waals surface area (Å²) < 4.78 is 5.50. The number of aryl methyl sites for hydroxylation is 2. The number of hydrogen-bond donors (Lipinski definition) is 2. The highest BCUT2D eigenvalue weighted by Crippen LogP contribution is 2.42. The molecule has 0 bridgehead atoms. The molecule has 0 radical (unpaired) electrons. The summed E-state index contributed by atoms with van der Waals surface area (Å²) in [5, 5.41) is 8.05. The number of methoxy groups -OCH3 is 1. The zero-order valence-corrected chi connectivity index (χ0v) is 15.3. The Labute approximate surface area is 137 Å². The van der Waals surface area contributed by atoms with Crippen LogP contribution in [0.2, 0.25) is 0 Å². The lowest BCUT2D eigenvalue weighted by Crippen LogP contribution is -2.63. The average molecular weight is 324 g/mol. The van der Waals surface area contributed by atoms with Crippen molar-refractivity contribution in [1.82, 2.24) is 15.6 Å². The van der Waals surface area contributed by atoms with Crippen LogP contribution >= 0.6 is 11.3 Å². The van der Waals surface area contributed by atoms with Gasteiger partial charge in [-0.15, -0.1) is 11.3 Å². The second kappa shape index (κ2) is 6.96. The molecule has 2 unspecified atom stereocenters. The average Bonchev–Trinajstić information content (AvgIpc) is 2.78. The standard InChI is InChI=1S/C16H28N4OS/c1-10-12(22-11(2)19-10)7-8-18-15(17-5)20-13-9-14(21-6)16(13,3)4/h13-14H,7-9H2,1-6H3,(H2,17,18,20). The minimum atomic E-state index is 0.137. The predicted octanol–water partition coefficient (Wildman–Crippen LogP) is 2.28. The number of aromatic nitrogens is 1. The van der Waals surface area contributed by atoms with E-state index in [2.05, 4.69) is 48.3 Å². The van der Waals surface area contributed by atoms with Crippen LogP contribution in [0.15, 0.2) is 4.99 Å². The lowest BCUT2D eigenvalue weighted by Gasteiger charge is -2.51. The first kappa shape index (κ1) is 17.2. The molecular formula is C16H28N4OS. The smallest absolute Gasteiger partial charge is 0.191 e. The molecule has 1 saturated carbocycles. The third-order valence-corrected chi connectivity index (χ3v) is 5.77. The fourth-order valence-corrected chi connectivity index (χ4v) is 3.93. The van der Waals surface area contributed by atoms with Gasteiger partial charge in [0.25, 0.3) is 0 Å². The van der Waals surface area contributed by atoms with E-state index in [0.717, 1.165) is 36.0 Å². The molecule has 0 aliphatic heterocycles. The van der Waals surface area contributed by atoms with Gasteiger partial charge in [-0.2, -0.15) is 0 Å². The van der Waals surface area contributed by atoms with Crippen molar-refractivity contribution < 1.29 is 4.74 Å². The first-order valence-corrected chi connectivity index (χ1v) is 8.63. The molecule has 124 valence electrons. The quantitative estimate of drug-likeness (QED) is 0.644. The number of nitrogens with zero attached hydrogens (tertiary/aromatic N) is 2. The molecule has 0 aromatic carbocycles. The number of aliphatic imine (C=N–C) groups is 1. The maximum atomic E-state index is 5.50. The van der Waals surface area contributed by atoms with Crippen LogP contribution in [-0.4, -0.2) is 43.8 Å². The van der Waals surface area contributed by atoms with Crippen LogP contribution in [0.3, 0.4) is 0 Å². The zero-order chi connectivity index (χ0) is 16.3. The van der Waals surface area contributed by atoms with Crippen molar-refractivity contribution in [2.45, 2.75) is 52.7 Å². The molecular weight excluding hydrogens is 296 g/mol. The third-order valence-electron chi connectivity index (χ3n) is 4.64. The fraction of sp³-hybridized carbons (Fsp3) is 0.750. The van der Waals surface area contributed by atoms with E-state index in [0.29, 0.717) is 12.1 Å². The van der Waals surface area contributed by atoms with Gasteiger partial charge in [0.15, 0.2) is 5.96 Å². The number of nitrogens with one attached hydrogen (secondary N) is 2. The number of hydrogen-bond acceptors (Lipinski definition) is 4. The normalized spacial score (nSPS) is 24.0. The Morgan fingerprint density at radius 3 is 2.68 bits per heavy atom. The van der Waals surface area contributed by atoms with Crippen LogP contribution in [0.1, 0.15) is 35.8 Å². The molecule has 22 heavy (non-hydrogen) atoms. The minimum Gasteiger partial charge on any atom is -0.381 e. The Morgan fingerprint density at radius 1 is 1.45 bits per heavy atom. The van der Waals surface area contributed by atoms with Crippen molar-refractivity contribution in [3.8, 4) is 0 Å². The highest BCUT2D eigenvalue weighted by atomic mass is 32.1. The van der Waals surface area contributed by atoms with Gasteiger partial charge < -0.3 is 15.4 Å². The topological polar surface area (TPSA) is 58.5 Å². The first-order valence-electron chi connectivity index (χ1n) is 7.81. The summed E-state index contributed by atoms with van der Waals surface area (Å²) in [6.45, 7) is 9.47. The molecule has 6 heteroatoms. The van der Waals surface area contributed by atoms with E-state index < -0.39 is 0 Å². The van der Waals surface area contributed by atoms with Crippen molar-refractivity contribution in [3.63, 3.8) is 0 Å². The zero-order valence-electron chi connectivity index (χ0n) is 14.5. The minimum absolute atomic E-state index is 0.137. The van der Waals surface area contributed by atoms with E-state index in [9.17, 15) is 0 Å². The van der Waals surface area contributed by atoms with Gasteiger partial charge in [-0.25, -0.2) is 4.98 Å². The highest BCUT2D eigenvalue weighted by molar-refractivity contribution is 7.11. The summed E-state index contributed by atoms with van der Waals surface area (Å²) in [5.41, 5.74) is 1.29. The van der Waals surface area contributed by atoms with Gasteiger partial charge in [-0.3, -0.25) is 4.99 Å². The van der Waals surface area contributed by atoms with Crippen molar-refractivity contribution in [2.24, 2.45) is 10.4 Å². The predicted molar refractivity (Wildman–Crippen MR) is 92.8 cm³/mol. The van der Waals surface area contributed by atoms with E-state index in [-0.39, 0.29) is 5.41 Å². The summed E-state index contributed by atoms with van der Waals surface area (Å²) >= 11 is 1.78. The lowest BCUT2D eigenvalue weighted by molar-refractivity contribution is -0.0922. The van der Waals surface area contributed by atoms with Crippen molar-refractivity contribution >= 4 is 17.3 Å². The Bertz CT molecular complexity index is 538. The molecule has 1 aromatic heterocycles. The molecule has 1 aliphatic rings. The van der Waals surface area contributed by atoms with Gasteiger partial charge in [0.2, 0.25) is 0 Å². The first-order chi connectivity index (χ1) is 10.4. The number of ether oxygens (including phenoxy) is 1. The van der Waals surface area contributed by atoms with E-state index in [4.69, 9.17) is 4.74 Å². The largest absolute Gasteiger partial charge is 0.381 e. The van der Waals surface area contributed by atoms with Gasteiger partial charge in [0.1, 0.15) is 0 Å². The molecule has 0 saturated heterocycles. The van der Waals surface area contributed by atoms with Gasteiger partial charge in [-0.1, -0.05) is 13.8 Å². The summed E-state index contributed by atoms with van der Waals surface area (Å²) in [7, 11) is 3.60. The van der Waals surface area contributed by atoms with Crippen LogP contribution in [0.25, 0.3) is 0 Å². The van der Waals surface area contributed by atoms with Gasteiger partial charge in [-0.05, 0) is 20.3 Å². The molecule has 5 nitrogen and oxygen atoms in total. The van der Waals surface area contributed by atoms with Gasteiger partial charge in [0, 0.05) is 43.5 Å². The molecule has 0 spiro atoms. The van der Waals surface area contributed by atoms with E-state index >= 15 is 0 Å². The lowest BCUT2D eigenvalue weighted by atomic mass is 9.64. The van der Waals surface area contributed by atoms with Crippen molar-refractivity contribution in [3.05, 3.63) is 15.6 Å². The Kier molecular flexibility index (Phi) is 5.45. The second-order valence-electron chi connectivity index (χ2n) is 6.47. The van der Waals surface area contributed by atoms with Crippen LogP contribution < -0.4 is 10.6 Å². The Balaban J connectivity index is 1.80. The number of guanidine groups is 1. The van der Waals surface area contributed by atoms with Gasteiger partial charge in [0.05, 0.1) is 16.8 Å². The number of thiazole rings is 1. The molecule has 1 heterocycles. The summed E-state index contributed by atoms with van der Waals surface area (Å²) in [6, 6.07) is 0.399. The van der Waals surface area contributed by atoms with Crippen LogP contribution in [0.5, 0.6) is 0 Å². The molecule has 1 aromatic rings. The third kappa shape index (κ3) is 3.60. The highest BCUT2D eigenvalue weighted by Gasteiger charge is 2.48. The molecule has 2 N–H and O–H groups in total. The fourth-order valence-electron chi connectivity index (χ4n) is 2.99. The number of rotatable bonds is 5. The molecule has 2 rings (SSSR count). The second-order valence-corrected chi connectivity index (χ2v) is 7.76. The summed E-state index contributed by atoms with van der Waals surface area (Å²) in [5.74, 6) is 0.867. The molecule has 1 fully saturated rings. The van der Waals surface area contributed by atoms with Crippen LogP contribution in [0, 0.1) is 19.3 Å². The Morgan fingerprint density at radius 2 is 2.18 bits per heavy atom. The monoisotopic (exact) mass is 324 g/mol. The van der Waals surface area contributed by atoms with E-state index in [1.165, 1.54) is 4.88 Å². The Hall–Kier alpha value is -1.14. The molecule has 0 amide bonds. The van der Waals surface area contributed by atoms with Crippen molar-refractivity contribution in [1.29, 1.82) is 0 Å². The maximum Gasteiger partial charge on any atom is 0.191 e. The van der Waals surface area contributed by atoms with Crippen LogP contribution in [-0.2, 0) is 11.2 Å². The summed E-state index contributed by atoms with van der Waals surface area (Å²) in [4.78, 5) is 10.1. The summed E-state index contributed by atoms with van der Waals surface area (Å²) in [6.07, 6.45) is 2.33. The van der Waals surface area contributed by atoms with E-state index in [1.807, 2.05) is 7.05 Å². The van der Waals surface area contributed by atoms with Gasteiger partial charge >= 0.3 is 0 Å². The van der Waals surface area contributed by atoms with E-state index in [1.54, 1.807) is 18.4 Å².